The molecule has 0 spiro atoms. The maximum atomic E-state index is 14.5. The first-order valence-electron chi connectivity index (χ1n) is 12.1. The topological polar surface area (TPSA) is 100 Å². The molecule has 42 heavy (non-hydrogen) atoms. The number of ether oxygens (including phenoxy) is 2. The third-order valence-electron chi connectivity index (χ3n) is 6.05. The van der Waals surface area contributed by atoms with Crippen molar-refractivity contribution in [2.24, 2.45) is 0 Å². The fourth-order valence-electron chi connectivity index (χ4n) is 3.98. The number of nitrogens with one attached hydrogen (secondary N) is 2. The highest BCUT2D eigenvalue weighted by molar-refractivity contribution is 7.80. The fourth-order valence-corrected chi connectivity index (χ4v) is 4.35. The summed E-state index contributed by atoms with van der Waals surface area (Å²) in [6.45, 7) is 1.73. The van der Waals surface area contributed by atoms with Crippen LogP contribution in [0.5, 0.6) is 5.75 Å². The van der Waals surface area contributed by atoms with Gasteiger partial charge in [-0.25, -0.2) is 31.8 Å². The van der Waals surface area contributed by atoms with Crippen molar-refractivity contribution < 1.29 is 45.8 Å². The first kappa shape index (κ1) is 30.2. The van der Waals surface area contributed by atoms with Crippen LogP contribution in [0.4, 0.5) is 39.0 Å². The number of carbonyl (C=O) groups excluding carboxylic acids is 3. The highest BCUT2D eigenvalue weighted by Crippen LogP contribution is 2.32. The first-order valence-corrected chi connectivity index (χ1v) is 12.6. The van der Waals surface area contributed by atoms with E-state index in [4.69, 9.17) is 21.7 Å². The van der Waals surface area contributed by atoms with Crippen LogP contribution in [0.15, 0.2) is 48.5 Å². The number of methoxy groups -OCH3 is 1. The third-order valence-corrected chi connectivity index (χ3v) is 6.42. The van der Waals surface area contributed by atoms with E-state index in [2.05, 4.69) is 5.32 Å². The van der Waals surface area contributed by atoms with E-state index in [9.17, 15) is 36.3 Å². The number of thiocarbonyl (C=S) groups is 1. The summed E-state index contributed by atoms with van der Waals surface area (Å²) in [5, 5.41) is 2.72. The quantitative estimate of drug-likeness (QED) is 0.116. The van der Waals surface area contributed by atoms with E-state index >= 15 is 0 Å². The minimum Gasteiger partial charge on any atom is -0.497 e. The monoisotopic (exact) mass is 608 g/mol. The molecule has 220 valence electrons. The number of rotatable bonds is 9. The van der Waals surface area contributed by atoms with Crippen LogP contribution < -0.4 is 20.4 Å². The van der Waals surface area contributed by atoms with Gasteiger partial charge in [0.15, 0.2) is 23.3 Å². The van der Waals surface area contributed by atoms with Gasteiger partial charge in [-0.15, -0.1) is 0 Å². The molecule has 15 heteroatoms. The summed E-state index contributed by atoms with van der Waals surface area (Å²) in [7, 11) is 1.45. The normalized spacial score (nSPS) is 14.7. The number of halogens is 5. The molecular formula is C27H21F5N4O5S. The van der Waals surface area contributed by atoms with Gasteiger partial charge in [0.1, 0.15) is 17.5 Å². The molecular weight excluding hydrogens is 587 g/mol. The Bertz CT molecular complexity index is 1530. The van der Waals surface area contributed by atoms with Crippen molar-refractivity contribution >= 4 is 52.2 Å². The Balaban J connectivity index is 1.68. The van der Waals surface area contributed by atoms with Gasteiger partial charge in [-0.3, -0.25) is 19.9 Å². The van der Waals surface area contributed by atoms with Crippen molar-refractivity contribution in [2.75, 3.05) is 29.4 Å². The molecule has 0 unspecified atom stereocenters. The number of carbonyl (C=O) groups is 3. The van der Waals surface area contributed by atoms with E-state index in [1.807, 2.05) is 5.43 Å². The number of nitrogens with zero attached hydrogens (tertiary/aromatic N) is 2. The van der Waals surface area contributed by atoms with Crippen LogP contribution in [0.1, 0.15) is 23.7 Å². The molecule has 0 radical (unpaired) electrons. The van der Waals surface area contributed by atoms with E-state index in [0.717, 1.165) is 4.90 Å². The average molecular weight is 609 g/mol. The SMILES string of the molecule is CCOC(=O)c1ccc(N2C(=O)[C@@H](CC(=O)Nc3ccc(OC)cc3)N(Nc3c(F)c(F)c(F)c(F)c3F)C2=S)cc1. The molecule has 1 fully saturated rings. The fraction of sp³-hybridized carbons (Fsp3) is 0.185. The van der Waals surface area contributed by atoms with Crippen LogP contribution >= 0.6 is 12.2 Å². The zero-order chi connectivity index (χ0) is 30.7. The zero-order valence-electron chi connectivity index (χ0n) is 21.8. The molecule has 2 N–H and O–H groups in total. The summed E-state index contributed by atoms with van der Waals surface area (Å²) < 4.78 is 80.5. The van der Waals surface area contributed by atoms with E-state index < -0.39 is 70.1 Å². The van der Waals surface area contributed by atoms with Gasteiger partial charge in [0.2, 0.25) is 16.8 Å². The van der Waals surface area contributed by atoms with E-state index in [1.165, 1.54) is 43.5 Å². The van der Waals surface area contributed by atoms with Crippen molar-refractivity contribution in [3.05, 3.63) is 83.2 Å². The summed E-state index contributed by atoms with van der Waals surface area (Å²) in [5.41, 5.74) is 1.07. The molecule has 1 heterocycles. The molecule has 1 aliphatic heterocycles. The van der Waals surface area contributed by atoms with Gasteiger partial charge in [-0.1, -0.05) is 0 Å². The summed E-state index contributed by atoms with van der Waals surface area (Å²) >= 11 is 5.34. The lowest BCUT2D eigenvalue weighted by molar-refractivity contribution is -0.124. The predicted molar refractivity (Wildman–Crippen MR) is 144 cm³/mol. The lowest BCUT2D eigenvalue weighted by Gasteiger charge is -2.26. The number of amides is 2. The predicted octanol–water partition coefficient (Wildman–Crippen LogP) is 4.93. The molecule has 0 bridgehead atoms. The van der Waals surface area contributed by atoms with Crippen molar-refractivity contribution in [3.8, 4) is 5.75 Å². The Morgan fingerprint density at radius 3 is 2.02 bits per heavy atom. The molecule has 0 saturated carbocycles. The minimum absolute atomic E-state index is 0.0836. The van der Waals surface area contributed by atoms with Gasteiger partial charge in [0.25, 0.3) is 5.91 Å². The van der Waals surface area contributed by atoms with Crippen LogP contribution in [-0.4, -0.2) is 47.7 Å². The standard InChI is InChI=1S/C27H21F5N4O5S/c1-3-41-26(39)13-4-8-15(9-5-13)35-25(38)17(12-18(37)33-14-6-10-16(40-2)11-7-14)36(27(35)42)34-24-22(31)20(29)19(28)21(30)23(24)32/h4-11,17,34H,3,12H2,1-2H3,(H,33,37)/t17-/m1/s1. The largest absolute Gasteiger partial charge is 0.497 e. The second kappa shape index (κ2) is 12.4. The van der Waals surface area contributed by atoms with Gasteiger partial charge >= 0.3 is 5.97 Å². The van der Waals surface area contributed by atoms with Crippen LogP contribution in [0.25, 0.3) is 0 Å². The molecule has 4 rings (SSSR count). The Morgan fingerprint density at radius 2 is 1.48 bits per heavy atom. The lowest BCUT2D eigenvalue weighted by atomic mass is 10.1. The van der Waals surface area contributed by atoms with Gasteiger partial charge in [0.05, 0.1) is 31.4 Å². The second-order valence-electron chi connectivity index (χ2n) is 8.65. The Labute approximate surface area is 240 Å². The summed E-state index contributed by atoms with van der Waals surface area (Å²) in [5.74, 6) is -13.0. The maximum Gasteiger partial charge on any atom is 0.338 e. The van der Waals surface area contributed by atoms with E-state index in [-0.39, 0.29) is 17.9 Å². The Kier molecular flexibility index (Phi) is 8.90. The number of anilines is 3. The molecule has 1 saturated heterocycles. The highest BCUT2D eigenvalue weighted by Gasteiger charge is 2.46. The highest BCUT2D eigenvalue weighted by atomic mass is 32.1. The van der Waals surface area contributed by atoms with E-state index in [1.54, 1.807) is 19.1 Å². The molecule has 2 amide bonds. The van der Waals surface area contributed by atoms with Crippen molar-refractivity contribution in [1.29, 1.82) is 0 Å². The van der Waals surface area contributed by atoms with Crippen LogP contribution in [-0.2, 0) is 14.3 Å². The maximum absolute atomic E-state index is 14.5. The first-order chi connectivity index (χ1) is 20.0. The second-order valence-corrected chi connectivity index (χ2v) is 9.01. The zero-order valence-corrected chi connectivity index (χ0v) is 22.7. The Morgan fingerprint density at radius 1 is 0.905 bits per heavy atom. The lowest BCUT2D eigenvalue weighted by Crippen LogP contribution is -2.42. The molecule has 0 aromatic heterocycles. The van der Waals surface area contributed by atoms with E-state index in [0.29, 0.717) is 16.4 Å². The number of benzene rings is 3. The number of hydrogen-bond acceptors (Lipinski definition) is 7. The van der Waals surface area contributed by atoms with Crippen LogP contribution in [0.3, 0.4) is 0 Å². The average Bonchev–Trinajstić information content (AvgIpc) is 3.21. The van der Waals surface area contributed by atoms with Crippen molar-refractivity contribution in [2.45, 2.75) is 19.4 Å². The third kappa shape index (κ3) is 5.81. The van der Waals surface area contributed by atoms with Crippen LogP contribution in [0.2, 0.25) is 0 Å². The van der Waals surface area contributed by atoms with Gasteiger partial charge in [0, 0.05) is 5.69 Å². The number of hydrazine groups is 1. The summed E-state index contributed by atoms with van der Waals surface area (Å²) in [6.07, 6.45) is -0.662. The van der Waals surface area contributed by atoms with Gasteiger partial charge < -0.3 is 14.8 Å². The van der Waals surface area contributed by atoms with Gasteiger partial charge in [-0.05, 0) is 67.7 Å². The Hall–Kier alpha value is -4.79. The van der Waals surface area contributed by atoms with Crippen molar-refractivity contribution in [1.82, 2.24) is 5.01 Å². The number of hydrogen-bond donors (Lipinski definition) is 2. The summed E-state index contributed by atoms with van der Waals surface area (Å²) in [4.78, 5) is 39.3. The molecule has 1 atom stereocenters. The van der Waals surface area contributed by atoms with Crippen molar-refractivity contribution in [3.63, 3.8) is 0 Å². The van der Waals surface area contributed by atoms with Gasteiger partial charge in [-0.2, -0.15) is 0 Å². The number of esters is 1. The smallest absolute Gasteiger partial charge is 0.338 e. The molecule has 9 nitrogen and oxygen atoms in total. The minimum atomic E-state index is -2.38. The molecule has 1 aliphatic rings. The molecule has 3 aromatic carbocycles. The summed E-state index contributed by atoms with van der Waals surface area (Å²) in [6, 6.07) is 9.85. The van der Waals surface area contributed by atoms with Crippen LogP contribution in [0, 0.1) is 29.1 Å². The molecule has 3 aromatic rings. The molecule has 0 aliphatic carbocycles.